The van der Waals surface area contributed by atoms with Crippen molar-refractivity contribution >= 4 is 0 Å². The average Bonchev–Trinajstić information content (AvgIpc) is 2.63. The first kappa shape index (κ1) is 13.7. The Morgan fingerprint density at radius 3 is 2.89 bits per heavy atom. The summed E-state index contributed by atoms with van der Waals surface area (Å²) in [7, 11) is 1.39. The molecule has 2 rings (SSSR count). The number of H-pyrrole nitrogens is 1. The van der Waals surface area contributed by atoms with Gasteiger partial charge in [0.15, 0.2) is 0 Å². The fourth-order valence-electron chi connectivity index (χ4n) is 2.26. The van der Waals surface area contributed by atoms with Gasteiger partial charge in [0.1, 0.15) is 29.8 Å². The molecule has 0 saturated carbocycles. The van der Waals surface area contributed by atoms with E-state index < -0.39 is 35.8 Å². The molecule has 5 nitrogen and oxygen atoms in total. The first-order valence-corrected chi connectivity index (χ1v) is 5.75. The number of pyridine rings is 1. The van der Waals surface area contributed by atoms with E-state index in [1.54, 1.807) is 6.92 Å². The van der Waals surface area contributed by atoms with Gasteiger partial charge >= 0.3 is 0 Å². The van der Waals surface area contributed by atoms with Crippen molar-refractivity contribution in [1.82, 2.24) is 4.98 Å². The van der Waals surface area contributed by atoms with Crippen molar-refractivity contribution in [2.24, 2.45) is 0 Å². The van der Waals surface area contributed by atoms with Gasteiger partial charge in [-0.2, -0.15) is 0 Å². The van der Waals surface area contributed by atoms with Crippen molar-refractivity contribution in [2.75, 3.05) is 7.11 Å². The summed E-state index contributed by atoms with van der Waals surface area (Å²) in [5, 5.41) is 9.90. The van der Waals surface area contributed by atoms with Crippen LogP contribution in [0.25, 0.3) is 0 Å². The number of aliphatic hydroxyl groups excluding tert-OH is 1. The van der Waals surface area contributed by atoms with Crippen LogP contribution in [-0.2, 0) is 9.47 Å². The quantitative estimate of drug-likeness (QED) is 0.758. The number of methoxy groups -OCH3 is 1. The molecule has 19 heavy (non-hydrogen) atoms. The van der Waals surface area contributed by atoms with Crippen molar-refractivity contribution in [2.45, 2.75) is 31.3 Å². The second kappa shape index (κ2) is 5.13. The van der Waals surface area contributed by atoms with Crippen LogP contribution in [0.4, 0.5) is 4.39 Å². The minimum Gasteiger partial charge on any atom is -0.388 e. The van der Waals surface area contributed by atoms with Crippen molar-refractivity contribution in [3.8, 4) is 12.3 Å². The predicted octanol–water partition coefficient (Wildman–Crippen LogP) is 0.331. The summed E-state index contributed by atoms with van der Waals surface area (Å²) in [5.74, 6) is 1.44. The van der Waals surface area contributed by atoms with Gasteiger partial charge in [0.25, 0.3) is 5.56 Å². The van der Waals surface area contributed by atoms with Crippen LogP contribution in [0.1, 0.15) is 24.3 Å². The smallest absolute Gasteiger partial charge is 0.251 e. The van der Waals surface area contributed by atoms with Crippen molar-refractivity contribution in [3.63, 3.8) is 0 Å². The molecule has 1 aliphatic rings. The Bertz CT molecular complexity index is 577. The Morgan fingerprint density at radius 1 is 1.63 bits per heavy atom. The number of ether oxygens (including phenoxy) is 2. The second-order valence-corrected chi connectivity index (χ2v) is 4.37. The van der Waals surface area contributed by atoms with Crippen molar-refractivity contribution in [1.29, 1.82) is 0 Å². The number of nitrogens with one attached hydrogen (secondary N) is 1. The first-order valence-electron chi connectivity index (χ1n) is 5.75. The zero-order chi connectivity index (χ0) is 14.2. The maximum Gasteiger partial charge on any atom is 0.251 e. The molecule has 0 spiro atoms. The van der Waals surface area contributed by atoms with Crippen molar-refractivity contribution < 1.29 is 19.0 Å². The van der Waals surface area contributed by atoms with Gasteiger partial charge in [-0.15, -0.1) is 6.42 Å². The van der Waals surface area contributed by atoms with Gasteiger partial charge in [0.05, 0.1) is 11.7 Å². The third-order valence-corrected chi connectivity index (χ3v) is 3.21. The molecular formula is C13H14FNO4. The first-order chi connectivity index (χ1) is 8.99. The Morgan fingerprint density at radius 2 is 2.32 bits per heavy atom. The molecular weight excluding hydrogens is 253 g/mol. The highest BCUT2D eigenvalue weighted by atomic mass is 19.1. The molecule has 102 valence electrons. The lowest BCUT2D eigenvalue weighted by molar-refractivity contribution is -0.0132. The molecule has 1 saturated heterocycles. The van der Waals surface area contributed by atoms with Gasteiger partial charge in [0, 0.05) is 13.2 Å². The third kappa shape index (κ3) is 2.28. The van der Waals surface area contributed by atoms with Gasteiger partial charge in [-0.3, -0.25) is 4.79 Å². The maximum absolute atomic E-state index is 14.0. The van der Waals surface area contributed by atoms with Crippen molar-refractivity contribution in [3.05, 3.63) is 33.5 Å². The molecule has 1 aromatic rings. The van der Waals surface area contributed by atoms with Crippen LogP contribution in [-0.4, -0.2) is 35.5 Å². The average molecular weight is 267 g/mol. The number of terminal acetylenes is 1. The van der Waals surface area contributed by atoms with E-state index in [1.165, 1.54) is 7.11 Å². The summed E-state index contributed by atoms with van der Waals surface area (Å²) >= 11 is 0. The Kier molecular flexibility index (Phi) is 3.71. The highest BCUT2D eigenvalue weighted by molar-refractivity contribution is 5.37. The number of aliphatic hydroxyl groups is 1. The Hall–Kier alpha value is -1.68. The van der Waals surface area contributed by atoms with Crippen LogP contribution in [0.2, 0.25) is 0 Å². The molecule has 2 heterocycles. The molecule has 1 fully saturated rings. The lowest BCUT2D eigenvalue weighted by Crippen LogP contribution is -2.31. The van der Waals surface area contributed by atoms with Gasteiger partial charge in [-0.1, -0.05) is 5.92 Å². The molecule has 2 N–H and O–H groups in total. The fraction of sp³-hybridized carbons (Fsp3) is 0.462. The third-order valence-electron chi connectivity index (χ3n) is 3.21. The number of aromatic nitrogens is 1. The fourth-order valence-corrected chi connectivity index (χ4v) is 2.26. The summed E-state index contributed by atoms with van der Waals surface area (Å²) in [5.41, 5.74) is -0.606. The van der Waals surface area contributed by atoms with Gasteiger partial charge in [0.2, 0.25) is 0 Å². The number of rotatable bonds is 2. The highest BCUT2D eigenvalue weighted by Crippen LogP contribution is 2.36. The van der Waals surface area contributed by atoms with E-state index in [1.807, 2.05) is 0 Å². The van der Waals surface area contributed by atoms with E-state index in [9.17, 15) is 14.3 Å². The Labute approximate surface area is 109 Å². The van der Waals surface area contributed by atoms with E-state index in [0.29, 0.717) is 0 Å². The van der Waals surface area contributed by atoms with E-state index in [0.717, 1.165) is 6.07 Å². The SMILES string of the molecule is C#Cc1[nH]c(=O)cc(F)c1[C@@H]1O[C@H](C)C(O)[C@@H]1OC. The molecule has 1 aromatic heterocycles. The molecule has 0 radical (unpaired) electrons. The lowest BCUT2D eigenvalue weighted by Gasteiger charge is -2.20. The molecule has 0 bridgehead atoms. The molecule has 1 unspecified atom stereocenters. The van der Waals surface area contributed by atoms with E-state index >= 15 is 0 Å². The van der Waals surface area contributed by atoms with Crippen LogP contribution in [0.3, 0.4) is 0 Å². The minimum absolute atomic E-state index is 0.00153. The lowest BCUT2D eigenvalue weighted by atomic mass is 10.00. The largest absolute Gasteiger partial charge is 0.388 e. The number of hydrogen-bond donors (Lipinski definition) is 2. The number of halogens is 1. The molecule has 1 aliphatic heterocycles. The van der Waals surface area contributed by atoms with Gasteiger partial charge in [-0.25, -0.2) is 4.39 Å². The number of aromatic amines is 1. The summed E-state index contributed by atoms with van der Waals surface area (Å²) in [6.45, 7) is 1.65. The summed E-state index contributed by atoms with van der Waals surface area (Å²) in [4.78, 5) is 13.6. The summed E-state index contributed by atoms with van der Waals surface area (Å²) in [6, 6.07) is 0.793. The predicted molar refractivity (Wildman–Crippen MR) is 65.0 cm³/mol. The highest BCUT2D eigenvalue weighted by Gasteiger charge is 2.44. The zero-order valence-electron chi connectivity index (χ0n) is 10.5. The monoisotopic (exact) mass is 267 g/mol. The van der Waals surface area contributed by atoms with Gasteiger partial charge in [-0.05, 0) is 6.92 Å². The minimum atomic E-state index is -0.896. The van der Waals surface area contributed by atoms with Crippen LogP contribution < -0.4 is 5.56 Å². The van der Waals surface area contributed by atoms with E-state index in [4.69, 9.17) is 15.9 Å². The van der Waals surface area contributed by atoms with E-state index in [-0.39, 0.29) is 11.3 Å². The standard InChI is InChI=1S/C13H14FNO4/c1-4-8-10(7(14)5-9(16)15-8)12-13(18-3)11(17)6(2)19-12/h1,5-6,11-13,17H,2-3H3,(H,15,16)/t6-,11?,12+,13+/m1/s1. The molecule has 0 aliphatic carbocycles. The second-order valence-electron chi connectivity index (χ2n) is 4.37. The van der Waals surface area contributed by atoms with Crippen LogP contribution in [0.5, 0.6) is 0 Å². The van der Waals surface area contributed by atoms with E-state index in [2.05, 4.69) is 10.9 Å². The summed E-state index contributed by atoms with van der Waals surface area (Å²) in [6.07, 6.45) is 2.24. The molecule has 4 atom stereocenters. The van der Waals surface area contributed by atoms with Gasteiger partial charge < -0.3 is 19.6 Å². The molecule has 6 heteroatoms. The normalized spacial score (nSPS) is 30.3. The maximum atomic E-state index is 14.0. The summed E-state index contributed by atoms with van der Waals surface area (Å²) < 4.78 is 24.6. The Balaban J connectivity index is 2.53. The molecule has 0 amide bonds. The van der Waals surface area contributed by atoms with Crippen LogP contribution in [0.15, 0.2) is 10.9 Å². The van der Waals surface area contributed by atoms with Crippen LogP contribution in [0, 0.1) is 18.2 Å². The molecule has 0 aromatic carbocycles. The van der Waals surface area contributed by atoms with Crippen LogP contribution >= 0.6 is 0 Å². The number of hydrogen-bond acceptors (Lipinski definition) is 4. The topological polar surface area (TPSA) is 71.6 Å². The zero-order valence-corrected chi connectivity index (χ0v) is 10.5.